The zero-order valence-electron chi connectivity index (χ0n) is 8.14. The van der Waals surface area contributed by atoms with Gasteiger partial charge in [-0.3, -0.25) is 0 Å². The Morgan fingerprint density at radius 3 is 2.36 bits per heavy atom. The minimum atomic E-state index is 0.254. The average Bonchev–Trinajstić information content (AvgIpc) is 1.87. The van der Waals surface area contributed by atoms with Crippen LogP contribution >= 0.6 is 0 Å². The van der Waals surface area contributed by atoms with Gasteiger partial charge in [-0.05, 0) is 18.8 Å². The van der Waals surface area contributed by atoms with Crippen LogP contribution in [-0.2, 0) is 9.47 Å². The van der Waals surface area contributed by atoms with Crippen molar-refractivity contribution in [2.45, 2.75) is 27.2 Å². The minimum absolute atomic E-state index is 0.254. The third kappa shape index (κ3) is 6.32. The number of methoxy groups -OCH3 is 1. The van der Waals surface area contributed by atoms with E-state index in [1.54, 1.807) is 7.11 Å². The molecular formula is C9H20O2. The van der Waals surface area contributed by atoms with Gasteiger partial charge in [0.2, 0.25) is 0 Å². The fourth-order valence-electron chi connectivity index (χ4n) is 0.956. The van der Waals surface area contributed by atoms with Crippen molar-refractivity contribution in [1.29, 1.82) is 0 Å². The maximum absolute atomic E-state index is 5.26. The molecule has 0 aliphatic heterocycles. The first-order valence-electron chi connectivity index (χ1n) is 4.19. The van der Waals surface area contributed by atoms with Crippen LogP contribution in [0.1, 0.15) is 27.2 Å². The average molecular weight is 160 g/mol. The van der Waals surface area contributed by atoms with Gasteiger partial charge in [0.1, 0.15) is 0 Å². The third-order valence-electron chi connectivity index (χ3n) is 1.66. The normalized spacial score (nSPS) is 12.0. The molecule has 0 aromatic carbocycles. The first kappa shape index (κ1) is 10.9. The number of ether oxygens (including phenoxy) is 2. The standard InChI is InChI=1S/C9H20O2/c1-5-11-7-6-9(2,3)8-10-4/h5-8H2,1-4H3. The van der Waals surface area contributed by atoms with Crippen LogP contribution in [0.15, 0.2) is 0 Å². The summed E-state index contributed by atoms with van der Waals surface area (Å²) in [6.07, 6.45) is 1.06. The SMILES string of the molecule is CCOCCC(C)(C)COC. The fourth-order valence-corrected chi connectivity index (χ4v) is 0.956. The smallest absolute Gasteiger partial charge is 0.0514 e. The lowest BCUT2D eigenvalue weighted by molar-refractivity contribution is 0.0604. The van der Waals surface area contributed by atoms with Crippen LogP contribution in [0, 0.1) is 5.41 Å². The molecule has 0 spiro atoms. The second kappa shape index (κ2) is 5.56. The second-order valence-electron chi connectivity index (χ2n) is 3.54. The molecule has 0 aliphatic rings. The number of hydrogen-bond donors (Lipinski definition) is 0. The topological polar surface area (TPSA) is 18.5 Å². The summed E-state index contributed by atoms with van der Waals surface area (Å²) in [5.41, 5.74) is 0.254. The molecule has 11 heavy (non-hydrogen) atoms. The predicted molar refractivity (Wildman–Crippen MR) is 46.8 cm³/mol. The van der Waals surface area contributed by atoms with Gasteiger partial charge < -0.3 is 9.47 Å². The Balaban J connectivity index is 3.38. The molecule has 0 rings (SSSR count). The lowest BCUT2D eigenvalue weighted by atomic mass is 9.91. The summed E-state index contributed by atoms with van der Waals surface area (Å²) in [5, 5.41) is 0. The van der Waals surface area contributed by atoms with E-state index in [2.05, 4.69) is 13.8 Å². The Labute approximate surface area is 69.9 Å². The molecule has 0 saturated carbocycles. The van der Waals surface area contributed by atoms with Gasteiger partial charge in [0, 0.05) is 20.3 Å². The molecule has 0 aromatic heterocycles. The van der Waals surface area contributed by atoms with Crippen molar-refractivity contribution in [1.82, 2.24) is 0 Å². The van der Waals surface area contributed by atoms with E-state index in [0.717, 1.165) is 26.2 Å². The van der Waals surface area contributed by atoms with Gasteiger partial charge in [0.05, 0.1) is 6.61 Å². The summed E-state index contributed by atoms with van der Waals surface area (Å²) >= 11 is 0. The Morgan fingerprint density at radius 2 is 1.91 bits per heavy atom. The highest BCUT2D eigenvalue weighted by molar-refractivity contribution is 4.66. The Hall–Kier alpha value is -0.0800. The van der Waals surface area contributed by atoms with E-state index >= 15 is 0 Å². The van der Waals surface area contributed by atoms with Crippen LogP contribution < -0.4 is 0 Å². The highest BCUT2D eigenvalue weighted by Crippen LogP contribution is 2.19. The molecule has 0 amide bonds. The minimum Gasteiger partial charge on any atom is -0.384 e. The Morgan fingerprint density at radius 1 is 1.27 bits per heavy atom. The monoisotopic (exact) mass is 160 g/mol. The summed E-state index contributed by atoms with van der Waals surface area (Å²) < 4.78 is 10.3. The maximum atomic E-state index is 5.26. The van der Waals surface area contributed by atoms with Gasteiger partial charge in [-0.2, -0.15) is 0 Å². The molecule has 0 saturated heterocycles. The summed E-state index contributed by atoms with van der Waals surface area (Å²) in [6.45, 7) is 8.85. The second-order valence-corrected chi connectivity index (χ2v) is 3.54. The van der Waals surface area contributed by atoms with Gasteiger partial charge in [-0.1, -0.05) is 13.8 Å². The summed E-state index contributed by atoms with van der Waals surface area (Å²) in [6, 6.07) is 0. The van der Waals surface area contributed by atoms with Crippen LogP contribution in [0.3, 0.4) is 0 Å². The number of hydrogen-bond acceptors (Lipinski definition) is 2. The van der Waals surface area contributed by atoms with Crippen molar-refractivity contribution in [2.24, 2.45) is 5.41 Å². The van der Waals surface area contributed by atoms with E-state index in [9.17, 15) is 0 Å². The van der Waals surface area contributed by atoms with Crippen molar-refractivity contribution >= 4 is 0 Å². The van der Waals surface area contributed by atoms with E-state index in [0.29, 0.717) is 0 Å². The largest absolute Gasteiger partial charge is 0.384 e. The number of rotatable bonds is 6. The van der Waals surface area contributed by atoms with Gasteiger partial charge in [-0.15, -0.1) is 0 Å². The van der Waals surface area contributed by atoms with Crippen molar-refractivity contribution in [3.63, 3.8) is 0 Å². The van der Waals surface area contributed by atoms with Crippen LogP contribution in [0.2, 0.25) is 0 Å². The quantitative estimate of drug-likeness (QED) is 0.554. The van der Waals surface area contributed by atoms with E-state index in [4.69, 9.17) is 9.47 Å². The van der Waals surface area contributed by atoms with Crippen molar-refractivity contribution in [2.75, 3.05) is 26.9 Å². The highest BCUT2D eigenvalue weighted by Gasteiger charge is 2.16. The maximum Gasteiger partial charge on any atom is 0.0514 e. The molecule has 0 aromatic rings. The van der Waals surface area contributed by atoms with Crippen molar-refractivity contribution < 1.29 is 9.47 Å². The summed E-state index contributed by atoms with van der Waals surface area (Å²) in [4.78, 5) is 0. The van der Waals surface area contributed by atoms with Gasteiger partial charge in [0.25, 0.3) is 0 Å². The van der Waals surface area contributed by atoms with Crippen molar-refractivity contribution in [3.8, 4) is 0 Å². The van der Waals surface area contributed by atoms with Crippen molar-refractivity contribution in [3.05, 3.63) is 0 Å². The lowest BCUT2D eigenvalue weighted by Gasteiger charge is -2.22. The first-order valence-corrected chi connectivity index (χ1v) is 4.19. The van der Waals surface area contributed by atoms with Gasteiger partial charge in [-0.25, -0.2) is 0 Å². The molecule has 0 N–H and O–H groups in total. The van der Waals surface area contributed by atoms with E-state index < -0.39 is 0 Å². The molecule has 0 aliphatic carbocycles. The van der Waals surface area contributed by atoms with Crippen LogP contribution in [0.4, 0.5) is 0 Å². The molecule has 68 valence electrons. The highest BCUT2D eigenvalue weighted by atomic mass is 16.5. The molecule has 0 unspecified atom stereocenters. The van der Waals surface area contributed by atoms with E-state index in [1.165, 1.54) is 0 Å². The zero-order valence-corrected chi connectivity index (χ0v) is 8.14. The molecule has 0 bridgehead atoms. The Bertz CT molecular complexity index is 89.6. The Kier molecular flexibility index (Phi) is 5.51. The lowest BCUT2D eigenvalue weighted by Crippen LogP contribution is -2.20. The van der Waals surface area contributed by atoms with E-state index in [1.807, 2.05) is 6.92 Å². The fraction of sp³-hybridized carbons (Fsp3) is 1.00. The van der Waals surface area contributed by atoms with E-state index in [-0.39, 0.29) is 5.41 Å². The van der Waals surface area contributed by atoms with Crippen LogP contribution in [0.5, 0.6) is 0 Å². The molecule has 0 heterocycles. The predicted octanol–water partition coefficient (Wildman–Crippen LogP) is 2.09. The molecule has 2 nitrogen and oxygen atoms in total. The summed E-state index contributed by atoms with van der Waals surface area (Å²) in [5.74, 6) is 0. The molecule has 0 atom stereocenters. The molecule has 0 fully saturated rings. The third-order valence-corrected chi connectivity index (χ3v) is 1.66. The zero-order chi connectivity index (χ0) is 8.74. The van der Waals surface area contributed by atoms with Crippen LogP contribution in [0.25, 0.3) is 0 Å². The first-order chi connectivity index (χ1) is 5.12. The van der Waals surface area contributed by atoms with Crippen LogP contribution in [-0.4, -0.2) is 26.9 Å². The van der Waals surface area contributed by atoms with Gasteiger partial charge >= 0.3 is 0 Å². The summed E-state index contributed by atoms with van der Waals surface area (Å²) in [7, 11) is 1.74. The molecule has 2 heteroatoms. The van der Waals surface area contributed by atoms with Gasteiger partial charge in [0.15, 0.2) is 0 Å². The molecular weight excluding hydrogens is 140 g/mol. The molecule has 0 radical (unpaired) electrons.